The van der Waals surface area contributed by atoms with Crippen LogP contribution in [-0.4, -0.2) is 17.2 Å². The van der Waals surface area contributed by atoms with E-state index in [-0.39, 0.29) is 5.75 Å². The molecule has 3 heteroatoms. The van der Waals surface area contributed by atoms with Gasteiger partial charge in [0.1, 0.15) is 11.5 Å². The van der Waals surface area contributed by atoms with Crippen LogP contribution in [0.3, 0.4) is 0 Å². The molecule has 3 nitrogen and oxygen atoms in total. The quantitative estimate of drug-likeness (QED) is 0.652. The summed E-state index contributed by atoms with van der Waals surface area (Å²) in [5.74, 6) is 1.09. The molecule has 0 aliphatic heterocycles. The molecule has 0 bridgehead atoms. The van der Waals surface area contributed by atoms with Crippen LogP contribution in [0.15, 0.2) is 36.4 Å². The number of phenols is 1. The maximum Gasteiger partial charge on any atom is 0.120 e. The molecule has 1 aromatic heterocycles. The van der Waals surface area contributed by atoms with Crippen molar-refractivity contribution < 1.29 is 9.84 Å². The number of hydrogen-bond donors (Lipinski definition) is 2. The first-order valence-corrected chi connectivity index (χ1v) is 5.06. The van der Waals surface area contributed by atoms with Crippen LogP contribution in [-0.2, 0) is 0 Å². The Balaban J connectivity index is 2.40. The summed E-state index contributed by atoms with van der Waals surface area (Å²) >= 11 is 0. The van der Waals surface area contributed by atoms with Crippen molar-refractivity contribution in [2.75, 3.05) is 7.11 Å². The number of aromatic hydroxyl groups is 1. The molecule has 3 rings (SSSR count). The van der Waals surface area contributed by atoms with E-state index in [0.29, 0.717) is 0 Å². The number of benzene rings is 2. The summed E-state index contributed by atoms with van der Waals surface area (Å²) in [6.45, 7) is 0. The average Bonchev–Trinajstić information content (AvgIpc) is 2.64. The van der Waals surface area contributed by atoms with Gasteiger partial charge in [-0.2, -0.15) is 0 Å². The van der Waals surface area contributed by atoms with E-state index in [1.165, 1.54) is 0 Å². The predicted octanol–water partition coefficient (Wildman–Crippen LogP) is 3.04. The Morgan fingerprint density at radius 3 is 2.44 bits per heavy atom. The van der Waals surface area contributed by atoms with Gasteiger partial charge < -0.3 is 14.8 Å². The lowest BCUT2D eigenvalue weighted by Crippen LogP contribution is -1.80. The van der Waals surface area contributed by atoms with Crippen LogP contribution in [0.25, 0.3) is 21.8 Å². The minimum absolute atomic E-state index is 0.269. The molecule has 16 heavy (non-hydrogen) atoms. The number of aromatic amines is 1. The number of H-pyrrole nitrogens is 1. The van der Waals surface area contributed by atoms with E-state index in [1.807, 2.05) is 24.3 Å². The highest BCUT2D eigenvalue weighted by atomic mass is 16.5. The van der Waals surface area contributed by atoms with Gasteiger partial charge in [-0.15, -0.1) is 0 Å². The van der Waals surface area contributed by atoms with Gasteiger partial charge in [-0.05, 0) is 24.3 Å². The van der Waals surface area contributed by atoms with Gasteiger partial charge >= 0.3 is 0 Å². The molecule has 0 saturated carbocycles. The summed E-state index contributed by atoms with van der Waals surface area (Å²) in [6, 6.07) is 11.2. The molecular formula is C13H11NO2. The Kier molecular flexibility index (Phi) is 1.80. The van der Waals surface area contributed by atoms with Crippen LogP contribution in [0.5, 0.6) is 11.5 Å². The molecule has 0 aliphatic rings. The maximum absolute atomic E-state index is 9.41. The zero-order chi connectivity index (χ0) is 11.1. The highest BCUT2D eigenvalue weighted by Crippen LogP contribution is 2.29. The van der Waals surface area contributed by atoms with Crippen molar-refractivity contribution in [1.82, 2.24) is 4.98 Å². The zero-order valence-corrected chi connectivity index (χ0v) is 8.82. The smallest absolute Gasteiger partial charge is 0.120 e. The number of ether oxygens (including phenoxy) is 1. The van der Waals surface area contributed by atoms with Gasteiger partial charge in [0.25, 0.3) is 0 Å². The summed E-state index contributed by atoms with van der Waals surface area (Å²) in [4.78, 5) is 3.25. The molecule has 0 atom stereocenters. The van der Waals surface area contributed by atoms with Crippen LogP contribution >= 0.6 is 0 Å². The number of rotatable bonds is 1. The SMILES string of the molecule is COc1ccc2c(c1)[nH]c1cc(O)ccc12. The Bertz CT molecular complexity index is 670. The lowest BCUT2D eigenvalue weighted by Gasteiger charge is -1.98. The standard InChI is InChI=1S/C13H11NO2/c1-16-9-3-5-11-10-4-2-8(15)6-12(10)14-13(11)7-9/h2-7,14-15H,1H3. The molecule has 0 fully saturated rings. The molecule has 0 radical (unpaired) electrons. The van der Waals surface area contributed by atoms with Gasteiger partial charge in [0.2, 0.25) is 0 Å². The highest BCUT2D eigenvalue weighted by molar-refractivity contribution is 6.07. The second-order valence-corrected chi connectivity index (χ2v) is 3.77. The zero-order valence-electron chi connectivity index (χ0n) is 8.82. The van der Waals surface area contributed by atoms with Crippen molar-refractivity contribution in [2.45, 2.75) is 0 Å². The number of phenolic OH excluding ortho intramolecular Hbond substituents is 1. The Morgan fingerprint density at radius 1 is 1.00 bits per heavy atom. The summed E-state index contributed by atoms with van der Waals surface area (Å²) < 4.78 is 5.17. The van der Waals surface area contributed by atoms with Crippen molar-refractivity contribution in [3.8, 4) is 11.5 Å². The van der Waals surface area contributed by atoms with Crippen LogP contribution in [0, 0.1) is 0 Å². The summed E-state index contributed by atoms with van der Waals surface area (Å²) in [5.41, 5.74) is 1.95. The lowest BCUT2D eigenvalue weighted by atomic mass is 10.1. The van der Waals surface area contributed by atoms with Gasteiger partial charge in [0.05, 0.1) is 18.1 Å². The van der Waals surface area contributed by atoms with Crippen molar-refractivity contribution in [2.24, 2.45) is 0 Å². The van der Waals surface area contributed by atoms with Crippen molar-refractivity contribution in [1.29, 1.82) is 0 Å². The second-order valence-electron chi connectivity index (χ2n) is 3.77. The number of hydrogen-bond acceptors (Lipinski definition) is 2. The van der Waals surface area contributed by atoms with Crippen molar-refractivity contribution in [3.63, 3.8) is 0 Å². The average molecular weight is 213 g/mol. The Labute approximate surface area is 92.3 Å². The third-order valence-corrected chi connectivity index (χ3v) is 2.79. The molecular weight excluding hydrogens is 202 g/mol. The molecule has 2 N–H and O–H groups in total. The van der Waals surface area contributed by atoms with Gasteiger partial charge in [-0.1, -0.05) is 0 Å². The molecule has 0 saturated heterocycles. The molecule has 0 amide bonds. The minimum atomic E-state index is 0.269. The van der Waals surface area contributed by atoms with Gasteiger partial charge in [0, 0.05) is 22.9 Å². The molecule has 0 aliphatic carbocycles. The fraction of sp³-hybridized carbons (Fsp3) is 0.0769. The van der Waals surface area contributed by atoms with Gasteiger partial charge in [0.15, 0.2) is 0 Å². The van der Waals surface area contributed by atoms with E-state index in [1.54, 1.807) is 19.2 Å². The van der Waals surface area contributed by atoms with Crippen LogP contribution in [0.4, 0.5) is 0 Å². The third-order valence-electron chi connectivity index (χ3n) is 2.79. The monoisotopic (exact) mass is 213 g/mol. The normalized spacial score (nSPS) is 11.1. The topological polar surface area (TPSA) is 45.2 Å². The van der Waals surface area contributed by atoms with E-state index < -0.39 is 0 Å². The van der Waals surface area contributed by atoms with E-state index >= 15 is 0 Å². The largest absolute Gasteiger partial charge is 0.508 e. The number of nitrogens with one attached hydrogen (secondary N) is 1. The van der Waals surface area contributed by atoms with Crippen LogP contribution in [0.2, 0.25) is 0 Å². The predicted molar refractivity (Wildman–Crippen MR) is 64.0 cm³/mol. The first-order chi connectivity index (χ1) is 7.78. The summed E-state index contributed by atoms with van der Waals surface area (Å²) in [6.07, 6.45) is 0. The van der Waals surface area contributed by atoms with E-state index in [4.69, 9.17) is 4.74 Å². The summed E-state index contributed by atoms with van der Waals surface area (Å²) in [7, 11) is 1.65. The fourth-order valence-electron chi connectivity index (χ4n) is 2.00. The molecule has 3 aromatic rings. The van der Waals surface area contributed by atoms with Crippen molar-refractivity contribution >= 4 is 21.8 Å². The van der Waals surface area contributed by atoms with E-state index in [2.05, 4.69) is 4.98 Å². The highest BCUT2D eigenvalue weighted by Gasteiger charge is 2.05. The molecule has 80 valence electrons. The minimum Gasteiger partial charge on any atom is -0.508 e. The van der Waals surface area contributed by atoms with Gasteiger partial charge in [-0.3, -0.25) is 0 Å². The van der Waals surface area contributed by atoms with E-state index in [0.717, 1.165) is 27.6 Å². The first-order valence-electron chi connectivity index (χ1n) is 5.06. The Hall–Kier alpha value is -2.16. The first kappa shape index (κ1) is 9.09. The summed E-state index contributed by atoms with van der Waals surface area (Å²) in [5, 5.41) is 11.7. The van der Waals surface area contributed by atoms with E-state index in [9.17, 15) is 5.11 Å². The van der Waals surface area contributed by atoms with Gasteiger partial charge in [-0.25, -0.2) is 0 Å². The Morgan fingerprint density at radius 2 is 1.69 bits per heavy atom. The number of methoxy groups -OCH3 is 1. The number of aromatic nitrogens is 1. The molecule has 1 heterocycles. The van der Waals surface area contributed by atoms with Crippen LogP contribution in [0.1, 0.15) is 0 Å². The molecule has 2 aromatic carbocycles. The molecule has 0 unspecified atom stereocenters. The maximum atomic E-state index is 9.41. The van der Waals surface area contributed by atoms with Crippen LogP contribution < -0.4 is 4.74 Å². The van der Waals surface area contributed by atoms with Crippen molar-refractivity contribution in [3.05, 3.63) is 36.4 Å². The molecule has 0 spiro atoms. The fourth-order valence-corrected chi connectivity index (χ4v) is 2.00. The third kappa shape index (κ3) is 1.21. The lowest BCUT2D eigenvalue weighted by molar-refractivity contribution is 0.415. The number of fused-ring (bicyclic) bond motifs is 3. The second kappa shape index (κ2) is 3.17.